The summed E-state index contributed by atoms with van der Waals surface area (Å²) in [6, 6.07) is 9.90. The van der Waals surface area contributed by atoms with E-state index in [0.29, 0.717) is 5.92 Å². The third-order valence-corrected chi connectivity index (χ3v) is 4.12. The second-order valence-corrected chi connectivity index (χ2v) is 5.59. The molecule has 22 heavy (non-hydrogen) atoms. The smallest absolute Gasteiger partial charge is 0.219 e. The number of likely N-dealkylation sites (tertiary alicyclic amines) is 1. The minimum absolute atomic E-state index is 0.172. The number of aromatic nitrogens is 2. The van der Waals surface area contributed by atoms with Crippen LogP contribution in [0.3, 0.4) is 0 Å². The summed E-state index contributed by atoms with van der Waals surface area (Å²) in [5.41, 5.74) is 1.27. The van der Waals surface area contributed by atoms with Crippen molar-refractivity contribution in [3.05, 3.63) is 48.3 Å². The van der Waals surface area contributed by atoms with Crippen LogP contribution >= 0.6 is 0 Å². The van der Waals surface area contributed by atoms with Crippen LogP contribution in [-0.4, -0.2) is 33.9 Å². The van der Waals surface area contributed by atoms with Crippen molar-refractivity contribution in [1.82, 2.24) is 14.9 Å². The summed E-state index contributed by atoms with van der Waals surface area (Å²) in [7, 11) is 0. The second kappa shape index (κ2) is 6.56. The summed E-state index contributed by atoms with van der Waals surface area (Å²) in [6.07, 6.45) is 5.60. The third-order valence-electron chi connectivity index (χ3n) is 4.12. The van der Waals surface area contributed by atoms with Gasteiger partial charge in [0, 0.05) is 32.4 Å². The Kier molecular flexibility index (Phi) is 4.32. The van der Waals surface area contributed by atoms with E-state index in [-0.39, 0.29) is 5.91 Å². The zero-order valence-corrected chi connectivity index (χ0v) is 12.7. The maximum absolute atomic E-state index is 11.4. The zero-order valence-electron chi connectivity index (χ0n) is 12.7. The Labute approximate surface area is 130 Å². The lowest BCUT2D eigenvalue weighted by molar-refractivity contribution is -0.129. The first-order valence-electron chi connectivity index (χ1n) is 7.62. The molecule has 0 bridgehead atoms. The first kappa shape index (κ1) is 14.5. The van der Waals surface area contributed by atoms with E-state index >= 15 is 0 Å². The van der Waals surface area contributed by atoms with Gasteiger partial charge in [-0.15, -0.1) is 0 Å². The number of amides is 1. The standard InChI is InChI=1S/C17H20N4O/c1-13(22)21-10-6-14(7-11-21)15-5-9-19-17(12-15)20-16-4-2-3-8-18-16/h2-5,8-9,12,14H,6-7,10-11H2,1H3,(H,18,19,20). The van der Waals surface area contributed by atoms with Crippen molar-refractivity contribution in [3.8, 4) is 0 Å². The molecule has 1 N–H and O–H groups in total. The van der Waals surface area contributed by atoms with E-state index in [1.807, 2.05) is 29.3 Å². The number of carbonyl (C=O) groups is 1. The molecule has 0 unspecified atom stereocenters. The molecule has 114 valence electrons. The van der Waals surface area contributed by atoms with Crippen molar-refractivity contribution < 1.29 is 4.79 Å². The highest BCUT2D eigenvalue weighted by atomic mass is 16.2. The van der Waals surface area contributed by atoms with Gasteiger partial charge in [-0.2, -0.15) is 0 Å². The molecule has 2 aromatic heterocycles. The summed E-state index contributed by atoms with van der Waals surface area (Å²) in [6.45, 7) is 3.32. The number of rotatable bonds is 3. The van der Waals surface area contributed by atoms with Crippen molar-refractivity contribution >= 4 is 17.5 Å². The summed E-state index contributed by atoms with van der Waals surface area (Å²) in [4.78, 5) is 21.9. The van der Waals surface area contributed by atoms with Crippen LogP contribution in [-0.2, 0) is 4.79 Å². The number of hydrogen-bond acceptors (Lipinski definition) is 4. The fourth-order valence-corrected chi connectivity index (χ4v) is 2.86. The van der Waals surface area contributed by atoms with E-state index in [0.717, 1.165) is 37.6 Å². The fraction of sp³-hybridized carbons (Fsp3) is 0.353. The lowest BCUT2D eigenvalue weighted by Gasteiger charge is -2.31. The third kappa shape index (κ3) is 3.42. The van der Waals surface area contributed by atoms with Gasteiger partial charge in [0.25, 0.3) is 0 Å². The molecule has 1 aliphatic rings. The van der Waals surface area contributed by atoms with Gasteiger partial charge in [0.05, 0.1) is 0 Å². The summed E-state index contributed by atoms with van der Waals surface area (Å²) in [5.74, 6) is 2.26. The van der Waals surface area contributed by atoms with Crippen LogP contribution in [0.15, 0.2) is 42.7 Å². The highest BCUT2D eigenvalue weighted by Gasteiger charge is 2.22. The van der Waals surface area contributed by atoms with Gasteiger partial charge in [0.1, 0.15) is 11.6 Å². The molecule has 0 aromatic carbocycles. The largest absolute Gasteiger partial charge is 0.343 e. The Morgan fingerprint density at radius 2 is 1.91 bits per heavy atom. The fourth-order valence-electron chi connectivity index (χ4n) is 2.86. The van der Waals surface area contributed by atoms with E-state index < -0.39 is 0 Å². The Bertz CT molecular complexity index is 636. The molecule has 0 saturated carbocycles. The molecule has 2 aromatic rings. The van der Waals surface area contributed by atoms with Crippen molar-refractivity contribution in [3.63, 3.8) is 0 Å². The number of piperidine rings is 1. The van der Waals surface area contributed by atoms with Crippen molar-refractivity contribution in [2.45, 2.75) is 25.7 Å². The summed E-state index contributed by atoms with van der Waals surface area (Å²) >= 11 is 0. The first-order chi connectivity index (χ1) is 10.7. The predicted octanol–water partition coefficient (Wildman–Crippen LogP) is 2.95. The number of pyridine rings is 2. The van der Waals surface area contributed by atoms with Crippen molar-refractivity contribution in [2.75, 3.05) is 18.4 Å². The molecular weight excluding hydrogens is 276 g/mol. The van der Waals surface area contributed by atoms with Gasteiger partial charge in [-0.05, 0) is 48.6 Å². The number of hydrogen-bond donors (Lipinski definition) is 1. The van der Waals surface area contributed by atoms with Gasteiger partial charge in [0.15, 0.2) is 0 Å². The van der Waals surface area contributed by atoms with Crippen molar-refractivity contribution in [1.29, 1.82) is 0 Å². The SMILES string of the molecule is CC(=O)N1CCC(c2ccnc(Nc3ccccn3)c2)CC1. The molecule has 3 rings (SSSR count). The Morgan fingerprint density at radius 3 is 2.59 bits per heavy atom. The van der Waals surface area contributed by atoms with Crippen LogP contribution in [0.25, 0.3) is 0 Å². The second-order valence-electron chi connectivity index (χ2n) is 5.59. The van der Waals surface area contributed by atoms with Gasteiger partial charge in [-0.3, -0.25) is 4.79 Å². The topological polar surface area (TPSA) is 58.1 Å². The Balaban J connectivity index is 1.68. The van der Waals surface area contributed by atoms with Crippen LogP contribution < -0.4 is 5.32 Å². The molecule has 0 atom stereocenters. The van der Waals surface area contributed by atoms with E-state index in [1.54, 1.807) is 13.1 Å². The molecule has 0 radical (unpaired) electrons. The maximum atomic E-state index is 11.4. The molecule has 1 saturated heterocycles. The van der Waals surface area contributed by atoms with Crippen LogP contribution in [0.5, 0.6) is 0 Å². The Hall–Kier alpha value is -2.43. The number of nitrogens with zero attached hydrogens (tertiary/aromatic N) is 3. The Morgan fingerprint density at radius 1 is 1.14 bits per heavy atom. The van der Waals surface area contributed by atoms with E-state index in [9.17, 15) is 4.79 Å². The van der Waals surface area contributed by atoms with Gasteiger partial charge < -0.3 is 10.2 Å². The number of nitrogens with one attached hydrogen (secondary N) is 1. The first-order valence-corrected chi connectivity index (χ1v) is 7.62. The van der Waals surface area contributed by atoms with E-state index in [2.05, 4.69) is 27.4 Å². The van der Waals surface area contributed by atoms with Crippen LogP contribution in [0.4, 0.5) is 11.6 Å². The molecule has 0 spiro atoms. The zero-order chi connectivity index (χ0) is 15.4. The molecule has 1 aliphatic heterocycles. The molecule has 0 aliphatic carbocycles. The average Bonchev–Trinajstić information content (AvgIpc) is 2.56. The van der Waals surface area contributed by atoms with E-state index in [4.69, 9.17) is 0 Å². The van der Waals surface area contributed by atoms with Crippen LogP contribution in [0.2, 0.25) is 0 Å². The van der Waals surface area contributed by atoms with Crippen LogP contribution in [0.1, 0.15) is 31.2 Å². The van der Waals surface area contributed by atoms with Crippen LogP contribution in [0, 0.1) is 0 Å². The average molecular weight is 296 g/mol. The maximum Gasteiger partial charge on any atom is 0.219 e. The van der Waals surface area contributed by atoms with E-state index in [1.165, 1.54) is 5.56 Å². The summed E-state index contributed by atoms with van der Waals surface area (Å²) < 4.78 is 0. The van der Waals surface area contributed by atoms with Gasteiger partial charge in [-0.1, -0.05) is 6.07 Å². The predicted molar refractivity (Wildman–Crippen MR) is 86.0 cm³/mol. The molecule has 5 heteroatoms. The highest BCUT2D eigenvalue weighted by Crippen LogP contribution is 2.29. The number of anilines is 2. The minimum Gasteiger partial charge on any atom is -0.343 e. The summed E-state index contributed by atoms with van der Waals surface area (Å²) in [5, 5.41) is 3.22. The van der Waals surface area contributed by atoms with Gasteiger partial charge >= 0.3 is 0 Å². The van der Waals surface area contributed by atoms with Gasteiger partial charge in [-0.25, -0.2) is 9.97 Å². The monoisotopic (exact) mass is 296 g/mol. The normalized spacial score (nSPS) is 15.6. The molecule has 1 amide bonds. The highest BCUT2D eigenvalue weighted by molar-refractivity contribution is 5.73. The molecular formula is C17H20N4O. The number of carbonyl (C=O) groups excluding carboxylic acids is 1. The van der Waals surface area contributed by atoms with Crippen molar-refractivity contribution in [2.24, 2.45) is 0 Å². The molecule has 1 fully saturated rings. The van der Waals surface area contributed by atoms with Gasteiger partial charge in [0.2, 0.25) is 5.91 Å². The molecule has 5 nitrogen and oxygen atoms in total. The lowest BCUT2D eigenvalue weighted by atomic mass is 9.90. The quantitative estimate of drug-likeness (QED) is 0.946. The lowest BCUT2D eigenvalue weighted by Crippen LogP contribution is -2.36. The molecule has 3 heterocycles. The minimum atomic E-state index is 0.172.